The van der Waals surface area contributed by atoms with Crippen molar-refractivity contribution >= 4 is 27.5 Å². The maximum Gasteiger partial charge on any atom is 0.262 e. The van der Waals surface area contributed by atoms with Gasteiger partial charge in [0.05, 0.1) is 0 Å². The van der Waals surface area contributed by atoms with Gasteiger partial charge in [0.15, 0.2) is 12.4 Å². The van der Waals surface area contributed by atoms with Crippen LogP contribution in [-0.4, -0.2) is 22.7 Å². The normalized spacial score (nSPS) is 10.8. The van der Waals surface area contributed by atoms with E-state index >= 15 is 0 Å². The summed E-state index contributed by atoms with van der Waals surface area (Å²) in [4.78, 5) is 16.3. The first kappa shape index (κ1) is 18.1. The fraction of sp³-hybridized carbons (Fsp3) is 0.211. The zero-order valence-electron chi connectivity index (χ0n) is 14.4. The Balaban J connectivity index is 1.56. The maximum atomic E-state index is 12.0. The fourth-order valence-electron chi connectivity index (χ4n) is 2.19. The number of anilines is 1. The minimum absolute atomic E-state index is 0.0794. The van der Waals surface area contributed by atoms with Crippen LogP contribution in [0.25, 0.3) is 11.5 Å². The number of nitrogens with one attached hydrogen (secondary N) is 1. The first-order valence-corrected chi connectivity index (χ1v) is 8.93. The van der Waals surface area contributed by atoms with E-state index in [-0.39, 0.29) is 18.4 Å². The lowest BCUT2D eigenvalue weighted by Gasteiger charge is -2.08. The monoisotopic (exact) mass is 415 g/mol. The molecule has 1 amide bonds. The first-order valence-electron chi connectivity index (χ1n) is 8.13. The Bertz CT molecular complexity index is 891. The van der Waals surface area contributed by atoms with Crippen molar-refractivity contribution in [3.05, 3.63) is 58.8 Å². The Morgan fingerprint density at radius 1 is 1.23 bits per heavy atom. The van der Waals surface area contributed by atoms with E-state index in [1.165, 1.54) is 0 Å². The Kier molecular flexibility index (Phi) is 5.68. The summed E-state index contributed by atoms with van der Waals surface area (Å²) >= 11 is 3.36. The van der Waals surface area contributed by atoms with Crippen LogP contribution in [0.3, 0.4) is 0 Å². The highest BCUT2D eigenvalue weighted by atomic mass is 79.9. The lowest BCUT2D eigenvalue weighted by Crippen LogP contribution is -2.20. The van der Waals surface area contributed by atoms with Gasteiger partial charge in [-0.3, -0.25) is 4.79 Å². The van der Waals surface area contributed by atoms with Gasteiger partial charge < -0.3 is 14.6 Å². The van der Waals surface area contributed by atoms with E-state index < -0.39 is 0 Å². The lowest BCUT2D eigenvalue weighted by molar-refractivity contribution is -0.118. The highest BCUT2D eigenvalue weighted by Crippen LogP contribution is 2.22. The second-order valence-electron chi connectivity index (χ2n) is 5.98. The quantitative estimate of drug-likeness (QED) is 0.634. The number of benzene rings is 2. The van der Waals surface area contributed by atoms with Crippen LogP contribution in [0, 0.1) is 0 Å². The number of hydrogen-bond acceptors (Lipinski definition) is 5. The van der Waals surface area contributed by atoms with Gasteiger partial charge in [0.25, 0.3) is 11.8 Å². The van der Waals surface area contributed by atoms with E-state index in [0.717, 1.165) is 10.0 Å². The number of halogens is 1. The largest absolute Gasteiger partial charge is 0.484 e. The van der Waals surface area contributed by atoms with Crippen molar-refractivity contribution in [3.8, 4) is 17.2 Å². The molecule has 1 N–H and O–H groups in total. The molecule has 0 aliphatic heterocycles. The van der Waals surface area contributed by atoms with Crippen LogP contribution in [0.15, 0.2) is 57.5 Å². The van der Waals surface area contributed by atoms with Gasteiger partial charge in [-0.05, 0) is 42.5 Å². The molecule has 26 heavy (non-hydrogen) atoms. The van der Waals surface area contributed by atoms with Gasteiger partial charge in [-0.15, -0.1) is 0 Å². The van der Waals surface area contributed by atoms with Crippen molar-refractivity contribution in [3.63, 3.8) is 0 Å². The van der Waals surface area contributed by atoms with E-state index in [1.807, 2.05) is 50.2 Å². The molecule has 3 aromatic rings. The van der Waals surface area contributed by atoms with Gasteiger partial charge in [-0.2, -0.15) is 4.98 Å². The zero-order valence-corrected chi connectivity index (χ0v) is 16.0. The molecule has 0 aliphatic carbocycles. The van der Waals surface area contributed by atoms with Crippen LogP contribution in [0.4, 0.5) is 5.69 Å². The molecule has 1 heterocycles. The molecule has 0 fully saturated rings. The second kappa shape index (κ2) is 8.14. The molecule has 7 heteroatoms. The van der Waals surface area contributed by atoms with Crippen molar-refractivity contribution in [1.29, 1.82) is 0 Å². The third-order valence-corrected chi connectivity index (χ3v) is 4.03. The number of carbonyl (C=O) groups is 1. The van der Waals surface area contributed by atoms with Gasteiger partial charge in [0, 0.05) is 21.6 Å². The number of carbonyl (C=O) groups excluding carboxylic acids is 1. The number of ether oxygens (including phenoxy) is 1. The minimum Gasteiger partial charge on any atom is -0.484 e. The third-order valence-electron chi connectivity index (χ3n) is 3.54. The van der Waals surface area contributed by atoms with Crippen molar-refractivity contribution < 1.29 is 14.1 Å². The summed E-state index contributed by atoms with van der Waals surface area (Å²) < 4.78 is 11.7. The molecule has 6 nitrogen and oxygen atoms in total. The van der Waals surface area contributed by atoms with E-state index in [0.29, 0.717) is 23.2 Å². The topological polar surface area (TPSA) is 77.2 Å². The third kappa shape index (κ3) is 4.70. The first-order chi connectivity index (χ1) is 12.5. The van der Waals surface area contributed by atoms with Gasteiger partial charge in [-0.1, -0.05) is 41.0 Å². The standard InChI is InChI=1S/C19H18BrN3O3/c1-12(2)18-22-19(26-23-18)13-6-8-16(9-7-13)25-11-17(24)21-15-5-3-4-14(20)10-15/h3-10,12H,11H2,1-2H3,(H,21,24). The molecule has 0 bridgehead atoms. The van der Waals surface area contributed by atoms with E-state index in [2.05, 4.69) is 31.4 Å². The Hall–Kier alpha value is -2.67. The average Bonchev–Trinajstić information content (AvgIpc) is 3.11. The molecule has 134 valence electrons. The summed E-state index contributed by atoms with van der Waals surface area (Å²) in [7, 11) is 0. The molecular formula is C19H18BrN3O3. The summed E-state index contributed by atoms with van der Waals surface area (Å²) in [5.74, 6) is 1.70. The molecule has 0 saturated carbocycles. The maximum absolute atomic E-state index is 12.0. The van der Waals surface area contributed by atoms with Crippen LogP contribution in [0.1, 0.15) is 25.6 Å². The highest BCUT2D eigenvalue weighted by Gasteiger charge is 2.11. The second-order valence-corrected chi connectivity index (χ2v) is 6.90. The molecule has 0 aliphatic rings. The Morgan fingerprint density at radius 2 is 2.00 bits per heavy atom. The molecular weight excluding hydrogens is 398 g/mol. The smallest absolute Gasteiger partial charge is 0.262 e. The van der Waals surface area contributed by atoms with Crippen molar-refractivity contribution in [2.24, 2.45) is 0 Å². The molecule has 0 atom stereocenters. The molecule has 0 radical (unpaired) electrons. The van der Waals surface area contributed by atoms with Gasteiger partial charge in [0.2, 0.25) is 0 Å². The van der Waals surface area contributed by atoms with E-state index in [9.17, 15) is 4.79 Å². The molecule has 0 spiro atoms. The minimum atomic E-state index is -0.231. The predicted octanol–water partition coefficient (Wildman–Crippen LogP) is 4.64. The molecule has 2 aromatic carbocycles. The summed E-state index contributed by atoms with van der Waals surface area (Å²) in [6, 6.07) is 14.5. The van der Waals surface area contributed by atoms with Crippen LogP contribution < -0.4 is 10.1 Å². The molecule has 0 saturated heterocycles. The van der Waals surface area contributed by atoms with Crippen molar-refractivity contribution in [1.82, 2.24) is 10.1 Å². The van der Waals surface area contributed by atoms with Crippen LogP contribution in [0.5, 0.6) is 5.75 Å². The van der Waals surface area contributed by atoms with Crippen LogP contribution in [0.2, 0.25) is 0 Å². The summed E-state index contributed by atoms with van der Waals surface area (Å²) in [5, 5.41) is 6.72. The number of hydrogen-bond donors (Lipinski definition) is 1. The van der Waals surface area contributed by atoms with Crippen LogP contribution >= 0.6 is 15.9 Å². The van der Waals surface area contributed by atoms with Gasteiger partial charge >= 0.3 is 0 Å². The summed E-state index contributed by atoms with van der Waals surface area (Å²) in [6.45, 7) is 3.93. The van der Waals surface area contributed by atoms with Gasteiger partial charge in [-0.25, -0.2) is 0 Å². The van der Waals surface area contributed by atoms with Crippen molar-refractivity contribution in [2.75, 3.05) is 11.9 Å². The number of rotatable bonds is 6. The lowest BCUT2D eigenvalue weighted by atomic mass is 10.2. The fourth-order valence-corrected chi connectivity index (χ4v) is 2.59. The molecule has 0 unspecified atom stereocenters. The Labute approximate surface area is 159 Å². The summed E-state index contributed by atoms with van der Waals surface area (Å²) in [5.41, 5.74) is 1.51. The zero-order chi connectivity index (χ0) is 18.5. The van der Waals surface area contributed by atoms with Gasteiger partial charge in [0.1, 0.15) is 5.75 Å². The Morgan fingerprint density at radius 3 is 2.65 bits per heavy atom. The number of nitrogens with zero attached hydrogens (tertiary/aromatic N) is 2. The number of amides is 1. The number of aromatic nitrogens is 2. The van der Waals surface area contributed by atoms with E-state index in [1.54, 1.807) is 12.1 Å². The van der Waals surface area contributed by atoms with E-state index in [4.69, 9.17) is 9.26 Å². The summed E-state index contributed by atoms with van der Waals surface area (Å²) in [6.07, 6.45) is 0. The average molecular weight is 416 g/mol. The highest BCUT2D eigenvalue weighted by molar-refractivity contribution is 9.10. The molecule has 1 aromatic heterocycles. The SMILES string of the molecule is CC(C)c1noc(-c2ccc(OCC(=O)Nc3cccc(Br)c3)cc2)n1. The molecule has 3 rings (SSSR count). The van der Waals surface area contributed by atoms with Crippen molar-refractivity contribution in [2.45, 2.75) is 19.8 Å². The van der Waals surface area contributed by atoms with Crippen LogP contribution in [-0.2, 0) is 4.79 Å². The predicted molar refractivity (Wildman–Crippen MR) is 102 cm³/mol.